The zero-order chi connectivity index (χ0) is 16.6. The predicted octanol–water partition coefficient (Wildman–Crippen LogP) is 3.27. The molecular weight excluding hydrogens is 308 g/mol. The average molecular weight is 330 g/mol. The first kappa shape index (κ1) is 15.8. The normalized spacial score (nSPS) is 14.5. The summed E-state index contributed by atoms with van der Waals surface area (Å²) in [5, 5.41) is 2.35. The van der Waals surface area contributed by atoms with Crippen LogP contribution in [0.5, 0.6) is 5.75 Å². The van der Waals surface area contributed by atoms with Crippen LogP contribution in [0.2, 0.25) is 0 Å². The van der Waals surface area contributed by atoms with Gasteiger partial charge in [0.15, 0.2) is 0 Å². The maximum Gasteiger partial charge on any atom is 0.205 e. The SMILES string of the molecule is CC(C)(C)/C(=C/N)N(N)c1nc2c(s1)CCOc1ccccc1-2. The number of ether oxygens (including phenoxy) is 1. The topological polar surface area (TPSA) is 77.4 Å². The number of hydrazine groups is 1. The van der Waals surface area contributed by atoms with Crippen LogP contribution in [0.4, 0.5) is 5.13 Å². The Morgan fingerprint density at radius 2 is 2.09 bits per heavy atom. The molecule has 1 aromatic carbocycles. The molecule has 2 heterocycles. The molecule has 1 aliphatic heterocycles. The van der Waals surface area contributed by atoms with Crippen LogP contribution in [-0.2, 0) is 6.42 Å². The Kier molecular flexibility index (Phi) is 4.04. The van der Waals surface area contributed by atoms with Crippen LogP contribution >= 0.6 is 11.3 Å². The second kappa shape index (κ2) is 5.86. The molecule has 0 fully saturated rings. The van der Waals surface area contributed by atoms with Gasteiger partial charge in [-0.05, 0) is 12.1 Å². The number of hydrogen-bond acceptors (Lipinski definition) is 6. The standard InChI is InChI=1S/C17H22N4OS/c1-17(2,3)14(10-18)21(19)16-20-15-11-6-4-5-7-12(11)22-9-8-13(15)23-16/h4-7,10H,8-9,18-19H2,1-3H3/b14-10-. The third-order valence-electron chi connectivity index (χ3n) is 3.81. The molecule has 0 bridgehead atoms. The molecule has 0 aliphatic carbocycles. The third kappa shape index (κ3) is 2.92. The first-order valence-corrected chi connectivity index (χ1v) is 8.42. The van der Waals surface area contributed by atoms with Crippen LogP contribution in [0.15, 0.2) is 36.2 Å². The number of nitrogens with zero attached hydrogens (tertiary/aromatic N) is 2. The van der Waals surface area contributed by atoms with Gasteiger partial charge in [-0.3, -0.25) is 5.01 Å². The molecule has 0 saturated carbocycles. The van der Waals surface area contributed by atoms with Gasteiger partial charge in [-0.15, -0.1) is 0 Å². The highest BCUT2D eigenvalue weighted by Gasteiger charge is 2.26. The van der Waals surface area contributed by atoms with Gasteiger partial charge in [-0.1, -0.05) is 44.2 Å². The van der Waals surface area contributed by atoms with Crippen LogP contribution in [0.3, 0.4) is 0 Å². The summed E-state index contributed by atoms with van der Waals surface area (Å²) < 4.78 is 5.80. The highest BCUT2D eigenvalue weighted by Crippen LogP contribution is 2.41. The number of aromatic nitrogens is 1. The van der Waals surface area contributed by atoms with Crippen molar-refractivity contribution in [2.24, 2.45) is 17.0 Å². The van der Waals surface area contributed by atoms with E-state index in [1.165, 1.54) is 4.88 Å². The maximum absolute atomic E-state index is 6.31. The monoisotopic (exact) mass is 330 g/mol. The number of para-hydroxylation sites is 1. The molecule has 122 valence electrons. The highest BCUT2D eigenvalue weighted by atomic mass is 32.1. The molecule has 0 radical (unpaired) electrons. The Labute approximate surface area is 140 Å². The number of benzene rings is 1. The lowest BCUT2D eigenvalue weighted by atomic mass is 9.92. The van der Waals surface area contributed by atoms with Crippen LogP contribution in [0.25, 0.3) is 11.3 Å². The van der Waals surface area contributed by atoms with Gasteiger partial charge in [0, 0.05) is 28.5 Å². The first-order valence-electron chi connectivity index (χ1n) is 7.61. The summed E-state index contributed by atoms with van der Waals surface area (Å²) >= 11 is 1.59. The van der Waals surface area contributed by atoms with Crippen molar-refractivity contribution in [2.45, 2.75) is 27.2 Å². The molecule has 4 N–H and O–H groups in total. The quantitative estimate of drug-likeness (QED) is 0.653. The molecule has 3 rings (SSSR count). The number of fused-ring (bicyclic) bond motifs is 3. The van der Waals surface area contributed by atoms with E-state index in [0.717, 1.165) is 34.3 Å². The number of nitrogens with two attached hydrogens (primary N) is 2. The summed E-state index contributed by atoms with van der Waals surface area (Å²) in [5.41, 5.74) is 8.45. The van der Waals surface area contributed by atoms with Crippen molar-refractivity contribution in [2.75, 3.05) is 11.6 Å². The summed E-state index contributed by atoms with van der Waals surface area (Å²) in [5.74, 6) is 7.18. The average Bonchev–Trinajstić information content (AvgIpc) is 2.83. The Bertz CT molecular complexity index is 745. The molecule has 0 amide bonds. The molecule has 23 heavy (non-hydrogen) atoms. The molecule has 0 atom stereocenters. The lowest BCUT2D eigenvalue weighted by Crippen LogP contribution is -2.36. The van der Waals surface area contributed by atoms with E-state index in [4.69, 9.17) is 21.3 Å². The largest absolute Gasteiger partial charge is 0.493 e. The fraction of sp³-hybridized carbons (Fsp3) is 0.353. The van der Waals surface area contributed by atoms with Crippen molar-refractivity contribution in [3.8, 4) is 17.0 Å². The summed E-state index contributed by atoms with van der Waals surface area (Å²) in [6, 6.07) is 7.98. The Hall–Kier alpha value is -2.05. The number of rotatable bonds is 2. The lowest BCUT2D eigenvalue weighted by molar-refractivity contribution is 0.327. The van der Waals surface area contributed by atoms with Crippen molar-refractivity contribution in [1.82, 2.24) is 4.98 Å². The van der Waals surface area contributed by atoms with E-state index >= 15 is 0 Å². The molecule has 0 saturated heterocycles. The van der Waals surface area contributed by atoms with Crippen molar-refractivity contribution in [1.29, 1.82) is 0 Å². The van der Waals surface area contributed by atoms with Gasteiger partial charge in [0.1, 0.15) is 5.75 Å². The molecule has 0 spiro atoms. The van der Waals surface area contributed by atoms with E-state index in [9.17, 15) is 0 Å². The second-order valence-electron chi connectivity index (χ2n) is 6.53. The van der Waals surface area contributed by atoms with Gasteiger partial charge < -0.3 is 10.5 Å². The third-order valence-corrected chi connectivity index (χ3v) is 4.92. The van der Waals surface area contributed by atoms with E-state index in [1.807, 2.05) is 24.3 Å². The molecule has 2 aromatic rings. The summed E-state index contributed by atoms with van der Waals surface area (Å²) in [6.45, 7) is 6.88. The zero-order valence-electron chi connectivity index (χ0n) is 13.7. The van der Waals surface area contributed by atoms with E-state index in [1.54, 1.807) is 22.5 Å². The number of thiazole rings is 1. The van der Waals surface area contributed by atoms with E-state index < -0.39 is 0 Å². The predicted molar refractivity (Wildman–Crippen MR) is 95.1 cm³/mol. The van der Waals surface area contributed by atoms with Crippen molar-refractivity contribution in [3.63, 3.8) is 0 Å². The minimum atomic E-state index is -0.159. The Morgan fingerprint density at radius 3 is 2.78 bits per heavy atom. The Balaban J connectivity index is 2.04. The number of hydrogen-bond donors (Lipinski definition) is 2. The number of allylic oxidation sites excluding steroid dienone is 1. The molecule has 1 aliphatic rings. The van der Waals surface area contributed by atoms with Gasteiger partial charge in [-0.2, -0.15) is 0 Å². The van der Waals surface area contributed by atoms with Gasteiger partial charge in [0.2, 0.25) is 5.13 Å². The highest BCUT2D eigenvalue weighted by molar-refractivity contribution is 7.16. The molecule has 0 unspecified atom stereocenters. The molecule has 6 heteroatoms. The fourth-order valence-corrected chi connectivity index (χ4v) is 3.65. The minimum Gasteiger partial charge on any atom is -0.493 e. The van der Waals surface area contributed by atoms with Gasteiger partial charge in [0.05, 0.1) is 18.0 Å². The smallest absolute Gasteiger partial charge is 0.205 e. The van der Waals surface area contributed by atoms with Crippen LogP contribution in [-0.4, -0.2) is 11.6 Å². The van der Waals surface area contributed by atoms with E-state index in [-0.39, 0.29) is 5.41 Å². The van der Waals surface area contributed by atoms with E-state index in [2.05, 4.69) is 20.8 Å². The molecule has 1 aromatic heterocycles. The van der Waals surface area contributed by atoms with Crippen molar-refractivity contribution >= 4 is 16.5 Å². The van der Waals surface area contributed by atoms with Crippen LogP contribution in [0.1, 0.15) is 25.6 Å². The van der Waals surface area contributed by atoms with E-state index in [0.29, 0.717) is 6.61 Å². The summed E-state index contributed by atoms with van der Waals surface area (Å²) in [4.78, 5) is 5.96. The number of anilines is 1. The second-order valence-corrected chi connectivity index (χ2v) is 7.60. The molecule has 5 nitrogen and oxygen atoms in total. The minimum absolute atomic E-state index is 0.159. The van der Waals surface area contributed by atoms with Crippen LogP contribution < -0.4 is 21.3 Å². The molecular formula is C17H22N4OS. The maximum atomic E-state index is 6.31. The van der Waals surface area contributed by atoms with Crippen LogP contribution in [0, 0.1) is 5.41 Å². The first-order chi connectivity index (χ1) is 10.9. The lowest BCUT2D eigenvalue weighted by Gasteiger charge is -2.29. The fourth-order valence-electron chi connectivity index (χ4n) is 2.66. The zero-order valence-corrected chi connectivity index (χ0v) is 14.5. The Morgan fingerprint density at radius 1 is 1.35 bits per heavy atom. The van der Waals surface area contributed by atoms with Gasteiger partial charge >= 0.3 is 0 Å². The van der Waals surface area contributed by atoms with Gasteiger partial charge in [-0.25, -0.2) is 10.8 Å². The summed E-state index contributed by atoms with van der Waals surface area (Å²) in [6.07, 6.45) is 2.39. The van der Waals surface area contributed by atoms with Crippen molar-refractivity contribution in [3.05, 3.63) is 41.0 Å². The van der Waals surface area contributed by atoms with Crippen molar-refractivity contribution < 1.29 is 4.74 Å². The van der Waals surface area contributed by atoms with Gasteiger partial charge in [0.25, 0.3) is 0 Å². The summed E-state index contributed by atoms with van der Waals surface area (Å²) in [7, 11) is 0.